The summed E-state index contributed by atoms with van der Waals surface area (Å²) in [5.74, 6) is 0.465. The second-order valence-electron chi connectivity index (χ2n) is 17.3. The maximum absolute atomic E-state index is 14.8. The van der Waals surface area contributed by atoms with E-state index in [1.807, 2.05) is 129 Å². The minimum Gasteiger partial charge on any atom is -0.485 e. The van der Waals surface area contributed by atoms with Crippen molar-refractivity contribution in [3.63, 3.8) is 0 Å². The number of esters is 1. The van der Waals surface area contributed by atoms with Crippen molar-refractivity contribution in [2.45, 2.75) is 72.1 Å². The molecule has 7 aromatic carbocycles. The van der Waals surface area contributed by atoms with Crippen LogP contribution >= 0.6 is 0 Å². The lowest BCUT2D eigenvalue weighted by Gasteiger charge is -2.16. The van der Waals surface area contributed by atoms with E-state index in [9.17, 15) is 28.3 Å². The van der Waals surface area contributed by atoms with Gasteiger partial charge in [0.1, 0.15) is 38.6 Å². The summed E-state index contributed by atoms with van der Waals surface area (Å²) in [4.78, 5) is 35.8. The van der Waals surface area contributed by atoms with Crippen molar-refractivity contribution in [1.29, 1.82) is 0 Å². The Labute approximate surface area is 440 Å². The number of carbonyl (C=O) groups is 3. The van der Waals surface area contributed by atoms with E-state index in [1.54, 1.807) is 31.2 Å². The predicted octanol–water partition coefficient (Wildman–Crippen LogP) is 12.9. The topological polar surface area (TPSA) is 164 Å². The van der Waals surface area contributed by atoms with Crippen molar-refractivity contribution in [1.82, 2.24) is 0 Å². The fraction of sp³-hybridized carbons (Fsp3) is 0.250. The molecule has 2 aliphatic heterocycles. The van der Waals surface area contributed by atoms with Crippen LogP contribution in [0.3, 0.4) is 0 Å². The first-order valence-corrected chi connectivity index (χ1v) is 24.9. The molecule has 2 aliphatic rings. The molecule has 9 rings (SSSR count). The minimum atomic E-state index is -0.673. The predicted molar refractivity (Wildman–Crippen MR) is 282 cm³/mol. The third kappa shape index (κ3) is 17.0. The van der Waals surface area contributed by atoms with Crippen LogP contribution in [0.15, 0.2) is 164 Å². The van der Waals surface area contributed by atoms with Crippen LogP contribution in [0.1, 0.15) is 55.0 Å². The van der Waals surface area contributed by atoms with Gasteiger partial charge in [0.05, 0.1) is 25.4 Å². The largest absolute Gasteiger partial charge is 0.485 e. The summed E-state index contributed by atoms with van der Waals surface area (Å²) in [6.45, 7) is 7.76. The van der Waals surface area contributed by atoms with Gasteiger partial charge in [-0.25, -0.2) is 18.4 Å². The Kier molecular flexibility index (Phi) is 20.6. The Balaban J connectivity index is 0.000000190. The number of anilines is 2. The molecule has 2 N–H and O–H groups in total. The molecule has 0 bridgehead atoms. The number of benzene rings is 7. The number of hydrogen-bond donors (Lipinski definition) is 2. The molecule has 0 spiro atoms. The average Bonchev–Trinajstić information content (AvgIpc) is 4.21. The Morgan fingerprint density at radius 2 is 1.09 bits per heavy atom. The van der Waals surface area contributed by atoms with Gasteiger partial charge >= 0.3 is 18.2 Å². The van der Waals surface area contributed by atoms with Crippen LogP contribution in [0, 0.1) is 11.6 Å². The van der Waals surface area contributed by atoms with Crippen LogP contribution in [0.5, 0.6) is 34.5 Å². The Hall–Kier alpha value is -8.47. The zero-order valence-electron chi connectivity index (χ0n) is 42.5. The highest BCUT2D eigenvalue weighted by Crippen LogP contribution is 2.37. The summed E-state index contributed by atoms with van der Waals surface area (Å²) < 4.78 is 73.1. The van der Waals surface area contributed by atoms with E-state index >= 15 is 0 Å². The quantitative estimate of drug-likeness (QED) is 0.0422. The van der Waals surface area contributed by atoms with Crippen molar-refractivity contribution in [2.75, 3.05) is 36.6 Å². The number of epoxide rings is 1. The highest BCUT2D eigenvalue weighted by molar-refractivity contribution is 5.90. The number of cyclic esters (lactones) is 1. The van der Waals surface area contributed by atoms with Gasteiger partial charge in [0.2, 0.25) is 0 Å². The van der Waals surface area contributed by atoms with E-state index in [0.717, 1.165) is 47.3 Å². The summed E-state index contributed by atoms with van der Waals surface area (Å²) in [5, 5.41) is 11.7. The van der Waals surface area contributed by atoms with Crippen LogP contribution in [-0.4, -0.2) is 61.8 Å². The van der Waals surface area contributed by atoms with E-state index in [2.05, 4.69) is 5.32 Å². The summed E-state index contributed by atoms with van der Waals surface area (Å²) in [7, 11) is 0. The lowest BCUT2D eigenvalue weighted by molar-refractivity contribution is -0.143. The smallest absolute Gasteiger partial charge is 0.414 e. The molecule has 2 amide bonds. The molecular formula is C60H60F2N2O12. The van der Waals surface area contributed by atoms with Gasteiger partial charge < -0.3 is 43.0 Å². The summed E-state index contributed by atoms with van der Waals surface area (Å²) in [6.07, 6.45) is 0.385. The molecule has 76 heavy (non-hydrogen) atoms. The van der Waals surface area contributed by atoms with Crippen LogP contribution < -0.4 is 29.2 Å². The first kappa shape index (κ1) is 55.3. The number of aliphatic hydroxyl groups excluding tert-OH is 1. The Bertz CT molecular complexity index is 2980. The van der Waals surface area contributed by atoms with Gasteiger partial charge in [0.15, 0.2) is 46.1 Å². The van der Waals surface area contributed by atoms with Gasteiger partial charge in [-0.2, -0.15) is 0 Å². The maximum atomic E-state index is 14.8. The van der Waals surface area contributed by atoms with Crippen molar-refractivity contribution in [3.8, 4) is 34.5 Å². The van der Waals surface area contributed by atoms with Crippen LogP contribution in [0.25, 0.3) is 0 Å². The average molecular weight is 1040 g/mol. The number of rotatable bonds is 20. The van der Waals surface area contributed by atoms with Crippen LogP contribution in [-0.2, 0) is 56.4 Å². The number of nitrogens with zero attached hydrogens (tertiary/aromatic N) is 1. The second kappa shape index (κ2) is 28.3. The second-order valence-corrected chi connectivity index (χ2v) is 17.3. The van der Waals surface area contributed by atoms with E-state index in [4.69, 9.17) is 37.9 Å². The molecule has 396 valence electrons. The molecule has 2 heterocycles. The number of amides is 2. The van der Waals surface area contributed by atoms with Gasteiger partial charge in [0, 0.05) is 24.2 Å². The zero-order chi connectivity index (χ0) is 53.7. The van der Waals surface area contributed by atoms with Gasteiger partial charge in [-0.1, -0.05) is 124 Å². The van der Waals surface area contributed by atoms with Gasteiger partial charge in [-0.3, -0.25) is 15.0 Å². The van der Waals surface area contributed by atoms with Gasteiger partial charge in [0.25, 0.3) is 0 Å². The van der Waals surface area contributed by atoms with Crippen LogP contribution in [0.2, 0.25) is 0 Å². The lowest BCUT2D eigenvalue weighted by atomic mass is 10.1. The number of aryl methyl sites for hydroxylation is 2. The minimum absolute atomic E-state index is 0.00818. The molecule has 0 aliphatic carbocycles. The number of aliphatic hydroxyl groups is 1. The number of ether oxygens (including phenoxy) is 8. The molecule has 0 radical (unpaired) electrons. The normalized spacial score (nSPS) is 14.1. The first-order valence-electron chi connectivity index (χ1n) is 24.9. The number of halogens is 2. The molecule has 2 atom stereocenters. The van der Waals surface area contributed by atoms with Crippen molar-refractivity contribution in [2.24, 2.45) is 0 Å². The van der Waals surface area contributed by atoms with Crippen molar-refractivity contribution < 1.29 is 66.2 Å². The molecule has 7 aromatic rings. The SMILES string of the molecule is CCC(=O)OCC1CO1.CCc1ccc(Oc2ccc(N3CC(CO)OC3=O)cc2F)c(OCc2ccccc2)c1.CCc1ccc(Oc2ccc(NC(=O)OCc3ccccc3)cc2F)c(OCc2ccccc2)c1. The Morgan fingerprint density at radius 3 is 1.55 bits per heavy atom. The third-order valence-corrected chi connectivity index (χ3v) is 11.6. The monoisotopic (exact) mass is 1040 g/mol. The van der Waals surface area contributed by atoms with Crippen molar-refractivity contribution in [3.05, 3.63) is 203 Å². The highest BCUT2D eigenvalue weighted by Gasteiger charge is 2.32. The van der Waals surface area contributed by atoms with E-state index in [-0.39, 0.29) is 49.0 Å². The third-order valence-electron chi connectivity index (χ3n) is 11.6. The Morgan fingerprint density at radius 1 is 0.592 bits per heavy atom. The number of hydrogen-bond acceptors (Lipinski definition) is 12. The van der Waals surface area contributed by atoms with Crippen LogP contribution in [0.4, 0.5) is 29.7 Å². The number of nitrogens with one attached hydrogen (secondary N) is 1. The van der Waals surface area contributed by atoms with E-state index in [0.29, 0.717) is 54.9 Å². The molecule has 2 unspecified atom stereocenters. The molecule has 2 saturated heterocycles. The highest BCUT2D eigenvalue weighted by atomic mass is 19.1. The zero-order valence-corrected chi connectivity index (χ0v) is 42.5. The van der Waals surface area contributed by atoms with E-state index < -0.39 is 29.9 Å². The summed E-state index contributed by atoms with van der Waals surface area (Å²) in [5.41, 5.74) is 5.62. The molecule has 16 heteroatoms. The molecule has 14 nitrogen and oxygen atoms in total. The maximum Gasteiger partial charge on any atom is 0.414 e. The summed E-state index contributed by atoms with van der Waals surface area (Å²) in [6, 6.07) is 48.4. The van der Waals surface area contributed by atoms with Gasteiger partial charge in [-0.15, -0.1) is 0 Å². The molecular weight excluding hydrogens is 979 g/mol. The standard InChI is InChI=1S/C29H26FNO4.C25H24FNO5.C6H10O3/c1-2-21-13-15-27(28(17-21)33-19-22-9-5-3-6-10-22)35-26-16-14-24(18-25(26)30)31-29(32)34-20-23-11-7-4-8-12-23;1-2-17-8-10-23(24(12-17)30-16-18-6-4-3-5-7-18)32-22-11-9-19(13-21(22)26)27-14-20(15-28)31-25(27)29;1-2-6(7)9-4-5-3-8-5/h3-18H,2,19-20H2,1H3,(H,31,32);3-13,20,28H,2,14-16H2,1H3;5H,2-4H2,1H3. The lowest BCUT2D eigenvalue weighted by Crippen LogP contribution is -2.25. The van der Waals surface area contributed by atoms with Gasteiger partial charge in [-0.05, 0) is 89.2 Å². The van der Waals surface area contributed by atoms with Crippen molar-refractivity contribution >= 4 is 29.5 Å². The number of carbonyl (C=O) groups excluding carboxylic acids is 3. The fourth-order valence-corrected chi connectivity index (χ4v) is 7.21. The fourth-order valence-electron chi connectivity index (χ4n) is 7.21. The summed E-state index contributed by atoms with van der Waals surface area (Å²) >= 11 is 0. The molecule has 2 fully saturated rings. The van der Waals surface area contributed by atoms with E-state index in [1.165, 1.54) is 29.2 Å². The molecule has 0 aromatic heterocycles. The molecule has 0 saturated carbocycles. The first-order chi connectivity index (χ1) is 37.0.